The maximum absolute atomic E-state index is 12.9. The number of aromatic nitrogens is 3. The van der Waals surface area contributed by atoms with Crippen LogP contribution in [0, 0.1) is 6.92 Å². The summed E-state index contributed by atoms with van der Waals surface area (Å²) in [5.74, 6) is 1.18. The molecule has 0 aliphatic rings. The largest absolute Gasteiger partial charge is 0.495 e. The molecule has 1 N–H and O–H groups in total. The summed E-state index contributed by atoms with van der Waals surface area (Å²) in [7, 11) is 1.55. The summed E-state index contributed by atoms with van der Waals surface area (Å²) >= 11 is 7.53. The lowest BCUT2D eigenvalue weighted by Crippen LogP contribution is -2.24. The number of amides is 1. The van der Waals surface area contributed by atoms with Gasteiger partial charge in [0, 0.05) is 17.8 Å². The van der Waals surface area contributed by atoms with Gasteiger partial charge in [0.15, 0.2) is 5.58 Å². The number of thioether (sulfide) groups is 1. The molecular formula is C20H19ClN4O3S. The SMILES string of the molecule is CC[C@H](Sc1nnc(C)n2c1cc1occc12)C(=O)Nc1ccc(OC)c(Cl)c1. The maximum atomic E-state index is 12.9. The Bertz CT molecular complexity index is 1200. The Balaban J connectivity index is 1.59. The normalized spacial score (nSPS) is 12.4. The average molecular weight is 431 g/mol. The van der Waals surface area contributed by atoms with Crippen LogP contribution in [0.15, 0.2) is 46.0 Å². The minimum atomic E-state index is -0.349. The van der Waals surface area contributed by atoms with Crippen molar-refractivity contribution in [2.24, 2.45) is 0 Å². The third kappa shape index (κ3) is 3.65. The number of halogens is 1. The van der Waals surface area contributed by atoms with E-state index in [1.165, 1.54) is 11.8 Å². The van der Waals surface area contributed by atoms with Crippen LogP contribution in [-0.2, 0) is 4.79 Å². The van der Waals surface area contributed by atoms with Crippen LogP contribution in [0.5, 0.6) is 5.75 Å². The lowest BCUT2D eigenvalue weighted by atomic mass is 10.2. The van der Waals surface area contributed by atoms with Crippen LogP contribution in [0.3, 0.4) is 0 Å². The predicted octanol–water partition coefficient (Wildman–Crippen LogP) is 4.96. The van der Waals surface area contributed by atoms with Crippen LogP contribution in [0.2, 0.25) is 5.02 Å². The Labute approximate surface area is 176 Å². The fraction of sp³-hybridized carbons (Fsp3) is 0.250. The van der Waals surface area contributed by atoms with E-state index in [9.17, 15) is 4.79 Å². The molecule has 1 aromatic carbocycles. The van der Waals surface area contributed by atoms with Gasteiger partial charge in [-0.15, -0.1) is 10.2 Å². The molecule has 4 aromatic rings. The molecule has 1 atom stereocenters. The van der Waals surface area contributed by atoms with E-state index in [-0.39, 0.29) is 11.2 Å². The number of fused-ring (bicyclic) bond motifs is 3. The van der Waals surface area contributed by atoms with Gasteiger partial charge in [0.2, 0.25) is 5.91 Å². The van der Waals surface area contributed by atoms with Crippen molar-refractivity contribution in [1.29, 1.82) is 0 Å². The number of methoxy groups -OCH3 is 1. The second kappa shape index (κ2) is 7.96. The highest BCUT2D eigenvalue weighted by atomic mass is 35.5. The van der Waals surface area contributed by atoms with Gasteiger partial charge in [-0.2, -0.15) is 0 Å². The number of ether oxygens (including phenoxy) is 1. The van der Waals surface area contributed by atoms with E-state index in [0.29, 0.717) is 27.9 Å². The summed E-state index contributed by atoms with van der Waals surface area (Å²) in [5, 5.41) is 12.3. The molecule has 4 rings (SSSR count). The van der Waals surface area contributed by atoms with Gasteiger partial charge in [-0.3, -0.25) is 9.20 Å². The van der Waals surface area contributed by atoms with Crippen molar-refractivity contribution in [1.82, 2.24) is 14.6 Å². The van der Waals surface area contributed by atoms with Gasteiger partial charge in [-0.25, -0.2) is 0 Å². The van der Waals surface area contributed by atoms with Gasteiger partial charge in [0.25, 0.3) is 0 Å². The highest BCUT2D eigenvalue weighted by molar-refractivity contribution is 8.00. The molecule has 3 aromatic heterocycles. The van der Waals surface area contributed by atoms with Crippen molar-refractivity contribution in [3.63, 3.8) is 0 Å². The van der Waals surface area contributed by atoms with E-state index in [1.54, 1.807) is 31.6 Å². The number of furan rings is 1. The molecule has 150 valence electrons. The van der Waals surface area contributed by atoms with Crippen molar-refractivity contribution in [3.05, 3.63) is 47.4 Å². The summed E-state index contributed by atoms with van der Waals surface area (Å²) in [4.78, 5) is 12.9. The zero-order chi connectivity index (χ0) is 20.5. The molecule has 0 radical (unpaired) electrons. The molecule has 29 heavy (non-hydrogen) atoms. The molecule has 0 unspecified atom stereocenters. The average Bonchev–Trinajstić information content (AvgIpc) is 3.29. The lowest BCUT2D eigenvalue weighted by molar-refractivity contribution is -0.115. The van der Waals surface area contributed by atoms with Crippen LogP contribution in [0.4, 0.5) is 5.69 Å². The van der Waals surface area contributed by atoms with Crippen molar-refractivity contribution in [2.75, 3.05) is 12.4 Å². The molecule has 0 bridgehead atoms. The minimum absolute atomic E-state index is 0.130. The highest BCUT2D eigenvalue weighted by Gasteiger charge is 2.22. The third-order valence-corrected chi connectivity index (χ3v) is 6.23. The Hall–Kier alpha value is -2.71. The second-order valence-electron chi connectivity index (χ2n) is 6.44. The monoisotopic (exact) mass is 430 g/mol. The zero-order valence-corrected chi connectivity index (χ0v) is 17.7. The number of rotatable bonds is 6. The van der Waals surface area contributed by atoms with Crippen LogP contribution in [0.1, 0.15) is 19.2 Å². The van der Waals surface area contributed by atoms with Gasteiger partial charge < -0.3 is 14.5 Å². The third-order valence-electron chi connectivity index (χ3n) is 4.59. The Morgan fingerprint density at radius 2 is 2.14 bits per heavy atom. The molecule has 9 heteroatoms. The molecule has 0 aliphatic heterocycles. The van der Waals surface area contributed by atoms with E-state index >= 15 is 0 Å². The number of benzene rings is 1. The van der Waals surface area contributed by atoms with Crippen LogP contribution >= 0.6 is 23.4 Å². The summed E-state index contributed by atoms with van der Waals surface area (Å²) in [6.07, 6.45) is 2.27. The molecule has 7 nitrogen and oxygen atoms in total. The molecule has 0 spiro atoms. The topological polar surface area (TPSA) is 81.7 Å². The summed E-state index contributed by atoms with van der Waals surface area (Å²) in [6.45, 7) is 3.85. The van der Waals surface area contributed by atoms with Gasteiger partial charge >= 0.3 is 0 Å². The van der Waals surface area contributed by atoms with Crippen molar-refractivity contribution >= 4 is 51.6 Å². The van der Waals surface area contributed by atoms with Crippen LogP contribution in [0.25, 0.3) is 16.6 Å². The van der Waals surface area contributed by atoms with Crippen molar-refractivity contribution in [2.45, 2.75) is 30.5 Å². The smallest absolute Gasteiger partial charge is 0.237 e. The summed E-state index contributed by atoms with van der Waals surface area (Å²) in [5.41, 5.74) is 3.17. The Morgan fingerprint density at radius 1 is 1.31 bits per heavy atom. The second-order valence-corrected chi connectivity index (χ2v) is 8.04. The molecule has 0 saturated carbocycles. The molecule has 0 saturated heterocycles. The molecule has 3 heterocycles. The molecule has 0 fully saturated rings. The fourth-order valence-electron chi connectivity index (χ4n) is 3.15. The Morgan fingerprint density at radius 3 is 2.86 bits per heavy atom. The maximum Gasteiger partial charge on any atom is 0.237 e. The van der Waals surface area contributed by atoms with E-state index in [0.717, 1.165) is 22.4 Å². The number of hydrogen-bond donors (Lipinski definition) is 1. The number of aryl methyl sites for hydroxylation is 1. The van der Waals surface area contributed by atoms with Crippen LogP contribution < -0.4 is 10.1 Å². The fourth-order valence-corrected chi connectivity index (χ4v) is 4.37. The number of hydrogen-bond acceptors (Lipinski definition) is 6. The quantitative estimate of drug-likeness (QED) is 0.435. The standard InChI is InChI=1S/C20H19ClN4O3S/c1-4-18(19(26)22-12-5-6-16(27-3)13(21)9-12)29-20-15-10-17-14(7-8-28-17)25(15)11(2)23-24-20/h5-10,18H,4H2,1-3H3,(H,22,26)/t18-/m0/s1. The minimum Gasteiger partial charge on any atom is -0.495 e. The first-order valence-corrected chi connectivity index (χ1v) is 10.3. The van der Waals surface area contributed by atoms with Crippen LogP contribution in [-0.4, -0.2) is 32.9 Å². The molecule has 0 aliphatic carbocycles. The summed E-state index contributed by atoms with van der Waals surface area (Å²) < 4.78 is 12.6. The number of nitrogens with zero attached hydrogens (tertiary/aromatic N) is 3. The van der Waals surface area contributed by atoms with Gasteiger partial charge in [0.1, 0.15) is 16.6 Å². The number of nitrogens with one attached hydrogen (secondary N) is 1. The Kier molecular flexibility index (Phi) is 5.38. The highest BCUT2D eigenvalue weighted by Crippen LogP contribution is 2.33. The van der Waals surface area contributed by atoms with E-state index in [2.05, 4.69) is 15.5 Å². The first-order chi connectivity index (χ1) is 14.0. The first-order valence-electron chi connectivity index (χ1n) is 9.04. The van der Waals surface area contributed by atoms with E-state index in [4.69, 9.17) is 20.8 Å². The van der Waals surface area contributed by atoms with Gasteiger partial charge in [-0.05, 0) is 31.5 Å². The number of carbonyl (C=O) groups is 1. The predicted molar refractivity (Wildman–Crippen MR) is 114 cm³/mol. The lowest BCUT2D eigenvalue weighted by Gasteiger charge is -2.15. The molecular weight excluding hydrogens is 412 g/mol. The first kappa shape index (κ1) is 19.6. The van der Waals surface area contributed by atoms with E-state index in [1.807, 2.05) is 30.4 Å². The summed E-state index contributed by atoms with van der Waals surface area (Å²) in [6, 6.07) is 8.96. The van der Waals surface area contributed by atoms with E-state index < -0.39 is 0 Å². The van der Waals surface area contributed by atoms with Crippen molar-refractivity contribution < 1.29 is 13.9 Å². The van der Waals surface area contributed by atoms with Gasteiger partial charge in [-0.1, -0.05) is 30.3 Å². The zero-order valence-electron chi connectivity index (χ0n) is 16.1. The van der Waals surface area contributed by atoms with Gasteiger partial charge in [0.05, 0.1) is 34.7 Å². The van der Waals surface area contributed by atoms with Crippen molar-refractivity contribution in [3.8, 4) is 5.75 Å². The number of carbonyl (C=O) groups excluding carboxylic acids is 1. The number of anilines is 1. The molecule has 1 amide bonds.